The van der Waals surface area contributed by atoms with Gasteiger partial charge >= 0.3 is 0 Å². The number of halogens is 1. The maximum atomic E-state index is 12.7. The summed E-state index contributed by atoms with van der Waals surface area (Å²) in [6.07, 6.45) is 1.47. The van der Waals surface area contributed by atoms with Crippen LogP contribution in [0, 0.1) is 5.82 Å². The molecule has 3 nitrogen and oxygen atoms in total. The third-order valence-electron chi connectivity index (χ3n) is 2.39. The Balaban J connectivity index is 2.32. The number of hydrogen-bond acceptors (Lipinski definition) is 3. The number of anilines is 1. The summed E-state index contributed by atoms with van der Waals surface area (Å²) in [6, 6.07) is 6.25. The number of nitrogen functional groups attached to an aromatic ring is 1. The maximum Gasteiger partial charge on any atom is 0.166 e. The summed E-state index contributed by atoms with van der Waals surface area (Å²) in [7, 11) is 0. The van der Waals surface area contributed by atoms with E-state index >= 15 is 0 Å². The van der Waals surface area contributed by atoms with Gasteiger partial charge in [0.05, 0.1) is 11.9 Å². The quantitative estimate of drug-likeness (QED) is 0.821. The Kier molecular flexibility index (Phi) is 2.41. The van der Waals surface area contributed by atoms with Crippen LogP contribution in [0.3, 0.4) is 0 Å². The molecule has 0 bridgehead atoms. The van der Waals surface area contributed by atoms with E-state index in [4.69, 9.17) is 10.3 Å². The van der Waals surface area contributed by atoms with Gasteiger partial charge in [0.15, 0.2) is 5.76 Å². The van der Waals surface area contributed by atoms with E-state index in [0.717, 1.165) is 5.56 Å². The maximum absolute atomic E-state index is 12.7. The molecule has 0 spiro atoms. The molecule has 1 unspecified atom stereocenters. The monoisotopic (exact) mass is 206 g/mol. The first-order valence-corrected chi connectivity index (χ1v) is 4.64. The molecule has 0 fully saturated rings. The number of hydrogen-bond donors (Lipinski definition) is 1. The molecule has 15 heavy (non-hydrogen) atoms. The average Bonchev–Trinajstić information content (AvgIpc) is 2.65. The Bertz CT molecular complexity index is 450. The lowest BCUT2D eigenvalue weighted by Crippen LogP contribution is -1.98. The molecule has 78 valence electrons. The predicted octanol–water partition coefficient (Wildman–Crippen LogP) is 2.55. The second-order valence-corrected chi connectivity index (χ2v) is 3.42. The van der Waals surface area contributed by atoms with Crippen LogP contribution in [0.25, 0.3) is 0 Å². The van der Waals surface area contributed by atoms with Crippen molar-refractivity contribution in [2.75, 3.05) is 5.73 Å². The number of aromatic nitrogens is 1. The number of nitrogens with two attached hydrogens (primary N) is 1. The van der Waals surface area contributed by atoms with Gasteiger partial charge in [0.25, 0.3) is 0 Å². The summed E-state index contributed by atoms with van der Waals surface area (Å²) in [5.41, 5.74) is 7.14. The van der Waals surface area contributed by atoms with E-state index in [2.05, 4.69) is 5.16 Å². The largest absolute Gasteiger partial charge is 0.395 e. The molecule has 0 radical (unpaired) electrons. The van der Waals surface area contributed by atoms with Crippen LogP contribution in [0.15, 0.2) is 35.0 Å². The van der Waals surface area contributed by atoms with Gasteiger partial charge in [-0.2, -0.15) is 0 Å². The molecular formula is C11H11FN2O. The van der Waals surface area contributed by atoms with E-state index in [9.17, 15) is 4.39 Å². The van der Waals surface area contributed by atoms with Crippen molar-refractivity contribution in [2.24, 2.45) is 0 Å². The molecule has 0 saturated carbocycles. The third kappa shape index (κ3) is 1.83. The Morgan fingerprint density at radius 1 is 1.33 bits per heavy atom. The molecule has 1 heterocycles. The zero-order valence-corrected chi connectivity index (χ0v) is 8.27. The van der Waals surface area contributed by atoms with Gasteiger partial charge in [-0.05, 0) is 17.7 Å². The normalized spacial score (nSPS) is 12.7. The van der Waals surface area contributed by atoms with E-state index < -0.39 is 0 Å². The van der Waals surface area contributed by atoms with Crippen molar-refractivity contribution in [3.8, 4) is 0 Å². The lowest BCUT2D eigenvalue weighted by molar-refractivity contribution is 0.376. The average molecular weight is 206 g/mol. The first-order chi connectivity index (χ1) is 7.18. The van der Waals surface area contributed by atoms with Crippen molar-refractivity contribution in [1.29, 1.82) is 0 Å². The molecule has 0 aliphatic heterocycles. The Hall–Kier alpha value is -1.84. The van der Waals surface area contributed by atoms with Crippen molar-refractivity contribution in [3.05, 3.63) is 47.6 Å². The number of nitrogens with zero attached hydrogens (tertiary/aromatic N) is 1. The van der Waals surface area contributed by atoms with Crippen molar-refractivity contribution in [2.45, 2.75) is 12.8 Å². The van der Waals surface area contributed by atoms with Crippen LogP contribution in [0.5, 0.6) is 0 Å². The highest BCUT2D eigenvalue weighted by Crippen LogP contribution is 2.27. The van der Waals surface area contributed by atoms with Crippen molar-refractivity contribution < 1.29 is 8.91 Å². The van der Waals surface area contributed by atoms with E-state index in [0.29, 0.717) is 11.4 Å². The summed E-state index contributed by atoms with van der Waals surface area (Å²) < 4.78 is 17.8. The molecule has 2 rings (SSSR count). The highest BCUT2D eigenvalue weighted by Gasteiger charge is 2.15. The second-order valence-electron chi connectivity index (χ2n) is 3.42. The molecule has 0 saturated heterocycles. The first kappa shape index (κ1) is 9.71. The van der Waals surface area contributed by atoms with E-state index in [1.165, 1.54) is 18.3 Å². The number of rotatable bonds is 2. The van der Waals surface area contributed by atoms with Crippen LogP contribution < -0.4 is 5.73 Å². The Morgan fingerprint density at radius 3 is 2.53 bits per heavy atom. The lowest BCUT2D eigenvalue weighted by atomic mass is 9.98. The second kappa shape index (κ2) is 3.73. The smallest absolute Gasteiger partial charge is 0.166 e. The van der Waals surface area contributed by atoms with E-state index in [1.807, 2.05) is 6.92 Å². The highest BCUT2D eigenvalue weighted by molar-refractivity contribution is 5.43. The van der Waals surface area contributed by atoms with Gasteiger partial charge in [0, 0.05) is 5.92 Å². The molecular weight excluding hydrogens is 195 g/mol. The number of benzene rings is 1. The van der Waals surface area contributed by atoms with Gasteiger partial charge in [-0.1, -0.05) is 24.2 Å². The molecule has 0 aliphatic carbocycles. The minimum absolute atomic E-state index is 0.0203. The Labute approximate surface area is 86.7 Å². The molecule has 2 N–H and O–H groups in total. The summed E-state index contributed by atoms with van der Waals surface area (Å²) in [4.78, 5) is 0. The van der Waals surface area contributed by atoms with Crippen LogP contribution >= 0.6 is 0 Å². The van der Waals surface area contributed by atoms with E-state index in [1.54, 1.807) is 12.1 Å². The fourth-order valence-corrected chi connectivity index (χ4v) is 1.49. The van der Waals surface area contributed by atoms with Gasteiger partial charge in [0.2, 0.25) is 0 Å². The molecule has 1 aromatic heterocycles. The molecule has 1 aromatic carbocycles. The SMILES string of the molecule is CC(c1ccc(F)cc1)c1oncc1N. The Morgan fingerprint density at radius 2 is 2.00 bits per heavy atom. The highest BCUT2D eigenvalue weighted by atomic mass is 19.1. The van der Waals surface area contributed by atoms with Crippen LogP contribution in [0.4, 0.5) is 10.1 Å². The topological polar surface area (TPSA) is 52.0 Å². The first-order valence-electron chi connectivity index (χ1n) is 4.64. The lowest BCUT2D eigenvalue weighted by Gasteiger charge is -2.08. The van der Waals surface area contributed by atoms with Crippen LogP contribution in [-0.2, 0) is 0 Å². The zero-order chi connectivity index (χ0) is 10.8. The van der Waals surface area contributed by atoms with Gasteiger partial charge in [-0.15, -0.1) is 0 Å². The summed E-state index contributed by atoms with van der Waals surface area (Å²) in [6.45, 7) is 1.93. The third-order valence-corrected chi connectivity index (χ3v) is 2.39. The minimum atomic E-state index is -0.253. The van der Waals surface area contributed by atoms with Crippen molar-refractivity contribution >= 4 is 5.69 Å². The predicted molar refractivity (Wildman–Crippen MR) is 54.8 cm³/mol. The van der Waals surface area contributed by atoms with Gasteiger partial charge in [-0.3, -0.25) is 0 Å². The molecule has 4 heteroatoms. The fourth-order valence-electron chi connectivity index (χ4n) is 1.49. The van der Waals surface area contributed by atoms with Gasteiger partial charge < -0.3 is 10.3 Å². The van der Waals surface area contributed by atoms with Crippen molar-refractivity contribution in [1.82, 2.24) is 5.16 Å². The fraction of sp³-hybridized carbons (Fsp3) is 0.182. The van der Waals surface area contributed by atoms with Gasteiger partial charge in [0.1, 0.15) is 5.82 Å². The molecule has 0 aliphatic rings. The van der Waals surface area contributed by atoms with Crippen LogP contribution in [0.2, 0.25) is 0 Å². The van der Waals surface area contributed by atoms with Crippen LogP contribution in [0.1, 0.15) is 24.2 Å². The van der Waals surface area contributed by atoms with E-state index in [-0.39, 0.29) is 11.7 Å². The molecule has 2 aromatic rings. The summed E-state index contributed by atoms with van der Waals surface area (Å²) in [5.74, 6) is 0.339. The zero-order valence-electron chi connectivity index (χ0n) is 8.27. The standard InChI is InChI=1S/C11H11FN2O/c1-7(11-10(13)6-14-15-11)8-2-4-9(12)5-3-8/h2-7H,13H2,1H3. The van der Waals surface area contributed by atoms with Crippen molar-refractivity contribution in [3.63, 3.8) is 0 Å². The molecule has 0 amide bonds. The molecule has 1 atom stereocenters. The summed E-state index contributed by atoms with van der Waals surface area (Å²) in [5, 5.41) is 3.61. The summed E-state index contributed by atoms with van der Waals surface area (Å²) >= 11 is 0. The van der Waals surface area contributed by atoms with Gasteiger partial charge in [-0.25, -0.2) is 4.39 Å². The van der Waals surface area contributed by atoms with Crippen LogP contribution in [-0.4, -0.2) is 5.16 Å². The minimum Gasteiger partial charge on any atom is -0.395 e.